The molecule has 0 fully saturated rings. The van der Waals surface area contributed by atoms with Crippen molar-refractivity contribution in [3.8, 4) is 0 Å². The first-order valence-corrected chi connectivity index (χ1v) is 6.47. The van der Waals surface area contributed by atoms with Crippen molar-refractivity contribution in [2.75, 3.05) is 0 Å². The summed E-state index contributed by atoms with van der Waals surface area (Å²) in [4.78, 5) is 25.6. The van der Waals surface area contributed by atoms with E-state index in [2.05, 4.69) is 11.9 Å². The molecule has 0 saturated carbocycles. The second-order valence-corrected chi connectivity index (χ2v) is 4.37. The van der Waals surface area contributed by atoms with Gasteiger partial charge in [-0.05, 0) is 33.6 Å². The Hall–Kier alpha value is -1.41. The van der Waals surface area contributed by atoms with Gasteiger partial charge in [-0.3, -0.25) is 0 Å². The number of allylic oxidation sites excluding steroid dienone is 1. The smallest absolute Gasteiger partial charge is 0.333 e. The fraction of sp³-hybridized carbons (Fsp3) is 0.714. The highest BCUT2D eigenvalue weighted by Crippen LogP contribution is 2.14. The van der Waals surface area contributed by atoms with Crippen molar-refractivity contribution < 1.29 is 14.3 Å². The van der Waals surface area contributed by atoms with E-state index in [4.69, 9.17) is 4.74 Å². The number of nitrogens with zero attached hydrogens (tertiary/aromatic N) is 1. The summed E-state index contributed by atoms with van der Waals surface area (Å²) >= 11 is 0. The molecule has 0 amide bonds. The minimum absolute atomic E-state index is 0.340. The van der Waals surface area contributed by atoms with Crippen LogP contribution in [0.1, 0.15) is 53.4 Å². The fourth-order valence-corrected chi connectivity index (χ4v) is 1.51. The normalized spacial score (nSPS) is 14.6. The maximum absolute atomic E-state index is 11.7. The van der Waals surface area contributed by atoms with Gasteiger partial charge in [-0.2, -0.15) is 4.99 Å². The summed E-state index contributed by atoms with van der Waals surface area (Å²) in [7, 11) is 0. The molecule has 0 aromatic heterocycles. The van der Waals surface area contributed by atoms with Crippen LogP contribution in [0.15, 0.2) is 16.6 Å². The Kier molecular flexibility index (Phi) is 8.85. The van der Waals surface area contributed by atoms with E-state index in [1.54, 1.807) is 26.8 Å². The third-order valence-electron chi connectivity index (χ3n) is 2.90. The van der Waals surface area contributed by atoms with Crippen LogP contribution >= 0.6 is 0 Å². The Morgan fingerprint density at radius 3 is 2.61 bits per heavy atom. The number of isocyanates is 1. The lowest BCUT2D eigenvalue weighted by molar-refractivity contribution is -0.145. The van der Waals surface area contributed by atoms with Gasteiger partial charge in [-0.25, -0.2) is 9.59 Å². The van der Waals surface area contributed by atoms with Crippen molar-refractivity contribution in [2.45, 2.75) is 65.5 Å². The predicted molar refractivity (Wildman–Crippen MR) is 71.0 cm³/mol. The van der Waals surface area contributed by atoms with Crippen LogP contribution in [0.4, 0.5) is 0 Å². The van der Waals surface area contributed by atoms with Gasteiger partial charge in [0.2, 0.25) is 6.08 Å². The first-order chi connectivity index (χ1) is 8.56. The quantitative estimate of drug-likeness (QED) is 0.219. The maximum atomic E-state index is 11.7. The van der Waals surface area contributed by atoms with Crippen molar-refractivity contribution in [1.29, 1.82) is 0 Å². The molecule has 4 nitrogen and oxygen atoms in total. The molecule has 0 N–H and O–H groups in total. The van der Waals surface area contributed by atoms with Gasteiger partial charge in [0.15, 0.2) is 0 Å². The number of unbranched alkanes of at least 4 members (excludes halogenated alkanes) is 2. The van der Waals surface area contributed by atoms with Crippen molar-refractivity contribution in [1.82, 2.24) is 0 Å². The van der Waals surface area contributed by atoms with E-state index in [1.165, 1.54) is 6.08 Å². The number of rotatable bonds is 8. The number of ether oxygens (including phenoxy) is 1. The molecule has 0 aliphatic carbocycles. The number of hydrogen-bond donors (Lipinski definition) is 0. The molecule has 0 heterocycles. The van der Waals surface area contributed by atoms with Crippen LogP contribution in [0.2, 0.25) is 0 Å². The second kappa shape index (κ2) is 9.60. The van der Waals surface area contributed by atoms with Crippen LogP contribution in [-0.4, -0.2) is 24.2 Å². The zero-order valence-electron chi connectivity index (χ0n) is 11.7. The van der Waals surface area contributed by atoms with E-state index in [0.717, 1.165) is 25.7 Å². The molecule has 2 unspecified atom stereocenters. The molecule has 0 aliphatic rings. The van der Waals surface area contributed by atoms with Gasteiger partial charge in [0.25, 0.3) is 0 Å². The molecule has 0 bridgehead atoms. The van der Waals surface area contributed by atoms with Crippen LogP contribution in [0, 0.1) is 0 Å². The SMILES string of the molecule is C/C=C(\C)C(=O)OC(CCCCC)C(C)N=C=O. The first kappa shape index (κ1) is 16.6. The van der Waals surface area contributed by atoms with Gasteiger partial charge in [0.05, 0.1) is 6.04 Å². The summed E-state index contributed by atoms with van der Waals surface area (Å²) in [6, 6.07) is -0.340. The molecule has 2 atom stereocenters. The molecule has 0 aromatic rings. The third-order valence-corrected chi connectivity index (χ3v) is 2.90. The molecular weight excluding hydrogens is 230 g/mol. The summed E-state index contributed by atoms with van der Waals surface area (Å²) < 4.78 is 5.38. The Labute approximate surface area is 109 Å². The number of esters is 1. The van der Waals surface area contributed by atoms with Gasteiger partial charge in [0.1, 0.15) is 6.10 Å². The largest absolute Gasteiger partial charge is 0.457 e. The minimum atomic E-state index is -0.347. The van der Waals surface area contributed by atoms with E-state index in [1.807, 2.05) is 0 Å². The van der Waals surface area contributed by atoms with Crippen molar-refractivity contribution in [3.63, 3.8) is 0 Å². The zero-order chi connectivity index (χ0) is 14.0. The second-order valence-electron chi connectivity index (χ2n) is 4.37. The lowest BCUT2D eigenvalue weighted by Crippen LogP contribution is -2.28. The van der Waals surface area contributed by atoms with Crippen LogP contribution in [0.5, 0.6) is 0 Å². The molecule has 0 spiro atoms. The van der Waals surface area contributed by atoms with Gasteiger partial charge >= 0.3 is 5.97 Å². The summed E-state index contributed by atoms with van der Waals surface area (Å²) in [6.07, 6.45) is 6.74. The van der Waals surface area contributed by atoms with E-state index in [9.17, 15) is 9.59 Å². The van der Waals surface area contributed by atoms with Gasteiger partial charge in [-0.15, -0.1) is 0 Å². The van der Waals surface area contributed by atoms with Crippen molar-refractivity contribution in [3.05, 3.63) is 11.6 Å². The summed E-state index contributed by atoms with van der Waals surface area (Å²) in [6.45, 7) is 7.37. The highest BCUT2D eigenvalue weighted by atomic mass is 16.5. The third kappa shape index (κ3) is 6.36. The van der Waals surface area contributed by atoms with E-state index in [0.29, 0.717) is 5.57 Å². The van der Waals surface area contributed by atoms with Gasteiger partial charge in [0, 0.05) is 5.57 Å². The molecule has 4 heteroatoms. The van der Waals surface area contributed by atoms with E-state index in [-0.39, 0.29) is 18.1 Å². The summed E-state index contributed by atoms with van der Waals surface area (Å²) in [5.41, 5.74) is 0.567. The average molecular weight is 253 g/mol. The van der Waals surface area contributed by atoms with Crippen LogP contribution in [0.3, 0.4) is 0 Å². The molecule has 102 valence electrons. The molecule has 0 saturated heterocycles. The van der Waals surface area contributed by atoms with Crippen LogP contribution in [0.25, 0.3) is 0 Å². The average Bonchev–Trinajstić information content (AvgIpc) is 2.36. The molecule has 0 aromatic carbocycles. The monoisotopic (exact) mass is 253 g/mol. The van der Waals surface area contributed by atoms with Crippen molar-refractivity contribution >= 4 is 12.0 Å². The molecule has 0 aliphatic heterocycles. The lowest BCUT2D eigenvalue weighted by atomic mass is 10.1. The minimum Gasteiger partial charge on any atom is -0.457 e. The number of hydrogen-bond acceptors (Lipinski definition) is 4. The van der Waals surface area contributed by atoms with Crippen LogP contribution < -0.4 is 0 Å². The van der Waals surface area contributed by atoms with Crippen LogP contribution in [-0.2, 0) is 14.3 Å². The summed E-state index contributed by atoms with van der Waals surface area (Å²) in [5, 5.41) is 0. The van der Waals surface area contributed by atoms with Crippen molar-refractivity contribution in [2.24, 2.45) is 4.99 Å². The Bertz CT molecular complexity index is 330. The predicted octanol–water partition coefficient (Wildman–Crippen LogP) is 3.17. The first-order valence-electron chi connectivity index (χ1n) is 6.47. The summed E-state index contributed by atoms with van der Waals surface area (Å²) in [5.74, 6) is -0.341. The molecule has 18 heavy (non-hydrogen) atoms. The molecule has 0 rings (SSSR count). The highest BCUT2D eigenvalue weighted by Gasteiger charge is 2.21. The highest BCUT2D eigenvalue weighted by molar-refractivity contribution is 5.87. The standard InChI is InChI=1S/C14H23NO3/c1-5-7-8-9-13(12(4)15-10-16)18-14(17)11(3)6-2/h6,12-13H,5,7-9H2,1-4H3/b11-6+. The number of carbonyl (C=O) groups excluding carboxylic acids is 2. The maximum Gasteiger partial charge on any atom is 0.333 e. The molecular formula is C14H23NO3. The lowest BCUT2D eigenvalue weighted by Gasteiger charge is -2.20. The zero-order valence-corrected chi connectivity index (χ0v) is 11.7. The van der Waals surface area contributed by atoms with E-state index < -0.39 is 0 Å². The Morgan fingerprint density at radius 1 is 1.44 bits per heavy atom. The van der Waals surface area contributed by atoms with Gasteiger partial charge < -0.3 is 4.74 Å². The Balaban J connectivity index is 4.55. The topological polar surface area (TPSA) is 55.7 Å². The fourth-order valence-electron chi connectivity index (χ4n) is 1.51. The number of aliphatic imine (C=N–C) groups is 1. The Morgan fingerprint density at radius 2 is 2.11 bits per heavy atom. The molecule has 0 radical (unpaired) electrons. The van der Waals surface area contributed by atoms with E-state index >= 15 is 0 Å². The van der Waals surface area contributed by atoms with Gasteiger partial charge in [-0.1, -0.05) is 25.8 Å². The number of carbonyl (C=O) groups is 1.